The average molecular weight is 700 g/mol. The minimum Gasteiger partial charge on any atom is -0.475 e. The van der Waals surface area contributed by atoms with Gasteiger partial charge >= 0.3 is 18.2 Å². The Morgan fingerprint density at radius 3 is 2.51 bits per heavy atom. The lowest BCUT2D eigenvalue weighted by Gasteiger charge is -2.19. The number of hydrogen-bond donors (Lipinski definition) is 3. The molecule has 3 N–H and O–H groups in total. The fraction of sp³-hybridized carbons (Fsp3) is 0.290. The first kappa shape index (κ1) is 34.7. The number of fused-ring (bicyclic) bond motifs is 4. The van der Waals surface area contributed by atoms with Crippen LogP contribution < -0.4 is 10.9 Å². The molecule has 18 heteroatoms. The summed E-state index contributed by atoms with van der Waals surface area (Å²) in [6, 6.07) is 12.2. The van der Waals surface area contributed by atoms with Crippen molar-refractivity contribution in [2.75, 3.05) is 12.4 Å². The highest BCUT2D eigenvalue weighted by atomic mass is 35.5. The molecule has 2 bridgehead atoms. The van der Waals surface area contributed by atoms with E-state index >= 15 is 0 Å². The van der Waals surface area contributed by atoms with E-state index in [1.54, 1.807) is 35.3 Å². The van der Waals surface area contributed by atoms with Crippen molar-refractivity contribution < 1.29 is 32.6 Å². The highest BCUT2D eigenvalue weighted by Crippen LogP contribution is 2.32. The predicted molar refractivity (Wildman–Crippen MR) is 170 cm³/mol. The fourth-order valence-corrected chi connectivity index (χ4v) is 5.52. The van der Waals surface area contributed by atoms with Crippen LogP contribution in [0.3, 0.4) is 0 Å². The summed E-state index contributed by atoms with van der Waals surface area (Å²) in [5.74, 6) is -2.07. The zero-order valence-electron chi connectivity index (χ0n) is 25.8. The summed E-state index contributed by atoms with van der Waals surface area (Å²) < 4.78 is 39.6. The number of aromatic amines is 1. The Morgan fingerprint density at radius 2 is 1.82 bits per heavy atom. The van der Waals surface area contributed by atoms with Gasteiger partial charge in [0.25, 0.3) is 5.56 Å². The number of amides is 1. The molecule has 1 aliphatic heterocycles. The third-order valence-electron chi connectivity index (χ3n) is 7.66. The SMILES string of the molecule is COC(=O)Nc1ccc2c(c1)CCCCCC[C@H](n1cnc(-c3cc(Cl)ccc3-n3cnnn3)cc1=O)c1ncc-2[nH]1.O=C(O)C(F)(F)F. The molecule has 14 nitrogen and oxygen atoms in total. The van der Waals surface area contributed by atoms with Gasteiger partial charge in [-0.3, -0.25) is 14.7 Å². The average Bonchev–Trinajstić information content (AvgIpc) is 3.78. The zero-order chi connectivity index (χ0) is 35.1. The van der Waals surface area contributed by atoms with Crippen LogP contribution in [0.2, 0.25) is 5.02 Å². The second-order valence-electron chi connectivity index (χ2n) is 10.9. The standard InChI is InChI=1S/C29H28ClN9O3.C2HF3O2/c1-42-29(41)34-20-9-10-21-18(12-20)6-4-2-3-5-7-26(28-31-15-24(21)35-28)38-16-32-23(14-27(38)40)22-13-19(30)8-11-25(22)39-17-33-36-37-39;3-2(4,5)1(6)7/h8-17,26H,2-7H2,1H3,(H,31,35)(H,34,41);(H,6,7)/t26-;/m0./s1. The van der Waals surface area contributed by atoms with Gasteiger partial charge in [0.15, 0.2) is 0 Å². The molecule has 0 unspecified atom stereocenters. The van der Waals surface area contributed by atoms with E-state index in [0.717, 1.165) is 55.3 Å². The van der Waals surface area contributed by atoms with Crippen LogP contribution in [0.4, 0.5) is 23.7 Å². The van der Waals surface area contributed by atoms with E-state index in [1.807, 2.05) is 18.2 Å². The Labute approximate surface area is 280 Å². The largest absolute Gasteiger partial charge is 0.490 e. The number of nitrogens with zero attached hydrogens (tertiary/aromatic N) is 7. The first-order valence-electron chi connectivity index (χ1n) is 14.9. The molecule has 0 saturated carbocycles. The molecule has 3 aromatic heterocycles. The van der Waals surface area contributed by atoms with Gasteiger partial charge in [0.05, 0.1) is 42.8 Å². The number of nitrogens with one attached hydrogen (secondary N) is 2. The van der Waals surface area contributed by atoms with Gasteiger partial charge in [-0.15, -0.1) is 5.10 Å². The molecular weight excluding hydrogens is 671 g/mol. The van der Waals surface area contributed by atoms with Gasteiger partial charge in [-0.25, -0.2) is 19.6 Å². The number of ether oxygens (including phenoxy) is 1. The van der Waals surface area contributed by atoms with Gasteiger partial charge in [-0.1, -0.05) is 36.9 Å². The van der Waals surface area contributed by atoms with Crippen molar-refractivity contribution in [1.82, 2.24) is 39.7 Å². The maximum absolute atomic E-state index is 13.6. The number of aliphatic carboxylic acids is 1. The number of hydrogen-bond acceptors (Lipinski definition) is 9. The van der Waals surface area contributed by atoms with Crippen molar-refractivity contribution in [2.24, 2.45) is 0 Å². The molecule has 5 aromatic rings. The molecule has 49 heavy (non-hydrogen) atoms. The number of alkyl halides is 3. The lowest BCUT2D eigenvalue weighted by Crippen LogP contribution is -2.26. The van der Waals surface area contributed by atoms with Crippen LogP contribution in [0.15, 0.2) is 66.1 Å². The number of carbonyl (C=O) groups excluding carboxylic acids is 1. The summed E-state index contributed by atoms with van der Waals surface area (Å²) in [5.41, 5.74) is 5.15. The number of carboxylic acids is 1. The smallest absolute Gasteiger partial charge is 0.475 e. The topological polar surface area (TPSA) is 183 Å². The number of aryl methyl sites for hydroxylation is 1. The van der Waals surface area contributed by atoms with Crippen LogP contribution in [0, 0.1) is 0 Å². The maximum atomic E-state index is 13.6. The van der Waals surface area contributed by atoms with E-state index in [0.29, 0.717) is 33.5 Å². The number of tetrazole rings is 1. The van der Waals surface area contributed by atoms with E-state index in [2.05, 4.69) is 30.8 Å². The number of aromatic nitrogens is 8. The molecule has 2 aromatic carbocycles. The van der Waals surface area contributed by atoms with Crippen molar-refractivity contribution in [1.29, 1.82) is 0 Å². The van der Waals surface area contributed by atoms with E-state index < -0.39 is 18.2 Å². The molecule has 6 rings (SSSR count). The van der Waals surface area contributed by atoms with Crippen molar-refractivity contribution in [3.63, 3.8) is 0 Å². The van der Waals surface area contributed by atoms with Crippen molar-refractivity contribution in [2.45, 2.75) is 50.7 Å². The lowest BCUT2D eigenvalue weighted by molar-refractivity contribution is -0.192. The lowest BCUT2D eigenvalue weighted by atomic mass is 9.97. The number of methoxy groups -OCH3 is 1. The first-order chi connectivity index (χ1) is 23.4. The highest BCUT2D eigenvalue weighted by Gasteiger charge is 2.38. The molecule has 0 fully saturated rings. The third-order valence-corrected chi connectivity index (χ3v) is 7.89. The second-order valence-corrected chi connectivity index (χ2v) is 11.3. The molecule has 0 spiro atoms. The van der Waals surface area contributed by atoms with E-state index in [-0.39, 0.29) is 11.6 Å². The number of carbonyl (C=O) groups is 2. The minimum atomic E-state index is -5.08. The number of benzene rings is 2. The quantitative estimate of drug-likeness (QED) is 0.206. The summed E-state index contributed by atoms with van der Waals surface area (Å²) in [4.78, 5) is 47.1. The van der Waals surface area contributed by atoms with Crippen molar-refractivity contribution >= 4 is 29.4 Å². The van der Waals surface area contributed by atoms with Crippen LogP contribution in [0.1, 0.15) is 49.5 Å². The Kier molecular flexibility index (Phi) is 10.7. The number of carboxylic acid groups (broad SMARTS) is 1. The number of H-pyrrole nitrogens is 1. The Hall–Kier alpha value is -5.58. The Bertz CT molecular complexity index is 2000. The summed E-state index contributed by atoms with van der Waals surface area (Å²) in [7, 11) is 1.34. The maximum Gasteiger partial charge on any atom is 0.490 e. The van der Waals surface area contributed by atoms with Crippen LogP contribution in [0.25, 0.3) is 28.2 Å². The molecule has 1 atom stereocenters. The van der Waals surface area contributed by atoms with Gasteiger partial charge in [0.1, 0.15) is 12.2 Å². The van der Waals surface area contributed by atoms with Gasteiger partial charge in [-0.2, -0.15) is 17.9 Å². The van der Waals surface area contributed by atoms with Crippen LogP contribution >= 0.6 is 11.6 Å². The highest BCUT2D eigenvalue weighted by molar-refractivity contribution is 6.31. The number of rotatable bonds is 4. The second kappa shape index (κ2) is 15.1. The normalized spacial score (nSPS) is 14.7. The molecule has 0 radical (unpaired) electrons. The van der Waals surface area contributed by atoms with Crippen molar-refractivity contribution in [3.8, 4) is 28.2 Å². The van der Waals surface area contributed by atoms with Gasteiger partial charge in [-0.05, 0) is 65.6 Å². The van der Waals surface area contributed by atoms with Crippen molar-refractivity contribution in [3.05, 3.63) is 88.1 Å². The van der Waals surface area contributed by atoms with Crippen LogP contribution in [-0.4, -0.2) is 70.2 Å². The van der Waals surface area contributed by atoms with Crippen LogP contribution in [-0.2, 0) is 16.0 Å². The van der Waals surface area contributed by atoms with E-state index in [9.17, 15) is 22.8 Å². The predicted octanol–water partition coefficient (Wildman–Crippen LogP) is 5.84. The minimum absolute atomic E-state index is 0.211. The third kappa shape index (κ3) is 8.48. The monoisotopic (exact) mass is 699 g/mol. The first-order valence-corrected chi connectivity index (χ1v) is 15.3. The van der Waals surface area contributed by atoms with E-state index in [4.69, 9.17) is 31.2 Å². The molecule has 0 saturated heterocycles. The fourth-order valence-electron chi connectivity index (χ4n) is 5.34. The summed E-state index contributed by atoms with van der Waals surface area (Å²) in [6.07, 6.45) is 4.81. The Balaban J connectivity index is 0.000000606. The molecule has 1 amide bonds. The summed E-state index contributed by atoms with van der Waals surface area (Å²) >= 11 is 6.30. The number of anilines is 1. The zero-order valence-corrected chi connectivity index (χ0v) is 26.6. The van der Waals surface area contributed by atoms with Gasteiger partial charge < -0.3 is 14.8 Å². The molecule has 1 aliphatic rings. The van der Waals surface area contributed by atoms with Gasteiger partial charge in [0, 0.05) is 27.9 Å². The van der Waals surface area contributed by atoms with Gasteiger partial charge in [0.2, 0.25) is 0 Å². The Morgan fingerprint density at radius 1 is 1.04 bits per heavy atom. The molecular formula is C31H29ClF3N9O5. The van der Waals surface area contributed by atoms with E-state index in [1.165, 1.54) is 24.2 Å². The summed E-state index contributed by atoms with van der Waals surface area (Å²) in [6.45, 7) is 0. The molecule has 4 heterocycles. The van der Waals surface area contributed by atoms with Crippen LogP contribution in [0.5, 0.6) is 0 Å². The number of halogens is 4. The molecule has 256 valence electrons. The number of imidazole rings is 1. The summed E-state index contributed by atoms with van der Waals surface area (Å²) in [5, 5.41) is 21.8. The molecule has 0 aliphatic carbocycles.